The number of methoxy groups -OCH3 is 2. The van der Waals surface area contributed by atoms with Crippen LogP contribution in [0.4, 0.5) is 11.4 Å². The second kappa shape index (κ2) is 8.19. The molecule has 6 heteroatoms. The van der Waals surface area contributed by atoms with Crippen molar-refractivity contribution in [3.8, 4) is 5.75 Å². The zero-order chi connectivity index (χ0) is 18.4. The number of carbonyl (C=O) groups is 2. The van der Waals surface area contributed by atoms with E-state index in [9.17, 15) is 9.59 Å². The van der Waals surface area contributed by atoms with E-state index in [4.69, 9.17) is 9.47 Å². The van der Waals surface area contributed by atoms with Crippen LogP contribution in [0.5, 0.6) is 5.75 Å². The third-order valence-electron chi connectivity index (χ3n) is 3.73. The molecule has 0 heterocycles. The molecule has 0 spiro atoms. The Morgan fingerprint density at radius 1 is 1.00 bits per heavy atom. The molecule has 0 atom stereocenters. The molecule has 0 unspecified atom stereocenters. The minimum atomic E-state index is -0.446. The van der Waals surface area contributed by atoms with Crippen molar-refractivity contribution in [2.75, 3.05) is 31.4 Å². The van der Waals surface area contributed by atoms with Gasteiger partial charge in [-0.2, -0.15) is 0 Å². The average molecular weight is 342 g/mol. The monoisotopic (exact) mass is 342 g/mol. The van der Waals surface area contributed by atoms with E-state index in [1.54, 1.807) is 25.3 Å². The number of nitrogens with one attached hydrogen (secondary N) is 2. The molecule has 0 aliphatic heterocycles. The molecule has 132 valence electrons. The lowest BCUT2D eigenvalue weighted by molar-refractivity contribution is -0.114. The fourth-order valence-corrected chi connectivity index (χ4v) is 2.33. The molecule has 6 nitrogen and oxygen atoms in total. The number of esters is 1. The van der Waals surface area contributed by atoms with Crippen LogP contribution in [0.2, 0.25) is 0 Å². The Balaban J connectivity index is 2.06. The van der Waals surface area contributed by atoms with E-state index >= 15 is 0 Å². The fraction of sp³-hybridized carbons (Fsp3) is 0.263. The van der Waals surface area contributed by atoms with Gasteiger partial charge in [-0.3, -0.25) is 4.79 Å². The summed E-state index contributed by atoms with van der Waals surface area (Å²) in [5, 5.41) is 5.87. The van der Waals surface area contributed by atoms with Gasteiger partial charge in [-0.25, -0.2) is 4.79 Å². The lowest BCUT2D eigenvalue weighted by Crippen LogP contribution is -2.22. The van der Waals surface area contributed by atoms with Crippen LogP contribution in [0.3, 0.4) is 0 Å². The summed E-state index contributed by atoms with van der Waals surface area (Å²) in [5.74, 6) is -0.00550. The molecule has 0 saturated carbocycles. The normalized spacial score (nSPS) is 10.1. The van der Waals surface area contributed by atoms with Crippen LogP contribution in [-0.4, -0.2) is 32.6 Å². The zero-order valence-corrected chi connectivity index (χ0v) is 14.8. The maximum Gasteiger partial charge on any atom is 0.337 e. The molecule has 0 aliphatic rings. The Morgan fingerprint density at radius 2 is 1.76 bits per heavy atom. The number of benzene rings is 2. The summed E-state index contributed by atoms with van der Waals surface area (Å²) in [5.41, 5.74) is 3.62. The summed E-state index contributed by atoms with van der Waals surface area (Å²) >= 11 is 0. The van der Waals surface area contributed by atoms with Gasteiger partial charge in [0.15, 0.2) is 0 Å². The summed E-state index contributed by atoms with van der Waals surface area (Å²) < 4.78 is 9.98. The SMILES string of the molecule is COC(=O)c1ccc(C)c(NC(=O)CNc2cc(C)ccc2OC)c1. The number of rotatable bonds is 6. The maximum atomic E-state index is 12.2. The highest BCUT2D eigenvalue weighted by molar-refractivity contribution is 5.97. The zero-order valence-electron chi connectivity index (χ0n) is 14.8. The fourth-order valence-electron chi connectivity index (χ4n) is 2.33. The molecular formula is C19H22N2O4. The number of aryl methyl sites for hydroxylation is 2. The van der Waals surface area contributed by atoms with Crippen molar-refractivity contribution in [1.82, 2.24) is 0 Å². The van der Waals surface area contributed by atoms with Crippen molar-refractivity contribution in [3.05, 3.63) is 53.1 Å². The van der Waals surface area contributed by atoms with Gasteiger partial charge in [-0.05, 0) is 49.2 Å². The van der Waals surface area contributed by atoms with Gasteiger partial charge < -0.3 is 20.1 Å². The van der Waals surface area contributed by atoms with Crippen molar-refractivity contribution >= 4 is 23.3 Å². The van der Waals surface area contributed by atoms with Crippen LogP contribution in [0.1, 0.15) is 21.5 Å². The van der Waals surface area contributed by atoms with E-state index in [0.29, 0.717) is 17.0 Å². The van der Waals surface area contributed by atoms with E-state index in [1.165, 1.54) is 7.11 Å². The van der Waals surface area contributed by atoms with Gasteiger partial charge >= 0.3 is 5.97 Å². The van der Waals surface area contributed by atoms with Crippen molar-refractivity contribution in [2.24, 2.45) is 0 Å². The summed E-state index contributed by atoms with van der Waals surface area (Å²) in [6.07, 6.45) is 0. The Morgan fingerprint density at radius 3 is 2.44 bits per heavy atom. The van der Waals surface area contributed by atoms with E-state index < -0.39 is 5.97 Å². The number of amides is 1. The summed E-state index contributed by atoms with van der Waals surface area (Å²) in [4.78, 5) is 23.9. The quantitative estimate of drug-likeness (QED) is 0.789. The van der Waals surface area contributed by atoms with Crippen LogP contribution in [-0.2, 0) is 9.53 Å². The molecule has 1 amide bonds. The Labute approximate surface area is 147 Å². The van der Waals surface area contributed by atoms with Gasteiger partial charge in [-0.1, -0.05) is 12.1 Å². The highest BCUT2D eigenvalue weighted by Crippen LogP contribution is 2.25. The smallest absolute Gasteiger partial charge is 0.337 e. The van der Waals surface area contributed by atoms with Crippen LogP contribution in [0, 0.1) is 13.8 Å². The van der Waals surface area contributed by atoms with Crippen LogP contribution in [0.15, 0.2) is 36.4 Å². The molecule has 2 aromatic carbocycles. The van der Waals surface area contributed by atoms with Crippen molar-refractivity contribution < 1.29 is 19.1 Å². The number of anilines is 2. The third kappa shape index (κ3) is 4.73. The lowest BCUT2D eigenvalue weighted by atomic mass is 10.1. The van der Waals surface area contributed by atoms with Crippen molar-refractivity contribution in [2.45, 2.75) is 13.8 Å². The molecule has 2 rings (SSSR count). The second-order valence-corrected chi connectivity index (χ2v) is 5.63. The molecule has 0 saturated heterocycles. The van der Waals surface area contributed by atoms with E-state index in [-0.39, 0.29) is 12.5 Å². The van der Waals surface area contributed by atoms with Gasteiger partial charge in [0.05, 0.1) is 32.0 Å². The molecule has 0 fully saturated rings. The number of hydrogen-bond donors (Lipinski definition) is 2. The first-order valence-electron chi connectivity index (χ1n) is 7.82. The van der Waals surface area contributed by atoms with Gasteiger partial charge in [-0.15, -0.1) is 0 Å². The highest BCUT2D eigenvalue weighted by Gasteiger charge is 2.11. The first-order valence-corrected chi connectivity index (χ1v) is 7.82. The van der Waals surface area contributed by atoms with E-state index in [0.717, 1.165) is 16.8 Å². The molecule has 25 heavy (non-hydrogen) atoms. The van der Waals surface area contributed by atoms with E-state index in [2.05, 4.69) is 10.6 Å². The maximum absolute atomic E-state index is 12.2. The molecular weight excluding hydrogens is 320 g/mol. The predicted molar refractivity (Wildman–Crippen MR) is 97.4 cm³/mol. The molecule has 0 bridgehead atoms. The summed E-state index contributed by atoms with van der Waals surface area (Å²) in [6.45, 7) is 3.89. The average Bonchev–Trinajstić information content (AvgIpc) is 2.61. The second-order valence-electron chi connectivity index (χ2n) is 5.63. The summed E-state index contributed by atoms with van der Waals surface area (Å²) in [7, 11) is 2.90. The van der Waals surface area contributed by atoms with Crippen LogP contribution < -0.4 is 15.4 Å². The first kappa shape index (κ1) is 18.3. The number of hydrogen-bond acceptors (Lipinski definition) is 5. The first-order chi connectivity index (χ1) is 11.9. The van der Waals surface area contributed by atoms with Crippen LogP contribution in [0.25, 0.3) is 0 Å². The number of ether oxygens (including phenoxy) is 2. The van der Waals surface area contributed by atoms with Crippen molar-refractivity contribution in [3.63, 3.8) is 0 Å². The Bertz CT molecular complexity index is 787. The Hall–Kier alpha value is -3.02. The van der Waals surface area contributed by atoms with E-state index in [1.807, 2.05) is 32.0 Å². The molecule has 0 radical (unpaired) electrons. The molecule has 0 aliphatic carbocycles. The minimum absolute atomic E-state index is 0.0711. The van der Waals surface area contributed by atoms with Gasteiger partial charge in [0, 0.05) is 5.69 Å². The molecule has 0 aromatic heterocycles. The van der Waals surface area contributed by atoms with Gasteiger partial charge in [0.1, 0.15) is 5.75 Å². The molecule has 2 aromatic rings. The van der Waals surface area contributed by atoms with Crippen LogP contribution >= 0.6 is 0 Å². The highest BCUT2D eigenvalue weighted by atomic mass is 16.5. The van der Waals surface area contributed by atoms with Gasteiger partial charge in [0.2, 0.25) is 5.91 Å². The molecule has 2 N–H and O–H groups in total. The standard InChI is InChI=1S/C19H22N2O4/c1-12-5-8-17(24-3)16(9-12)20-11-18(22)21-15-10-14(19(23)25-4)7-6-13(15)2/h5-10,20H,11H2,1-4H3,(H,21,22). The summed E-state index contributed by atoms with van der Waals surface area (Å²) in [6, 6.07) is 10.7. The third-order valence-corrected chi connectivity index (χ3v) is 3.73. The van der Waals surface area contributed by atoms with Crippen molar-refractivity contribution in [1.29, 1.82) is 0 Å². The predicted octanol–water partition coefficient (Wildman–Crippen LogP) is 3.15. The lowest BCUT2D eigenvalue weighted by Gasteiger charge is -2.13. The topological polar surface area (TPSA) is 76.7 Å². The largest absolute Gasteiger partial charge is 0.495 e. The Kier molecular flexibility index (Phi) is 6.00. The van der Waals surface area contributed by atoms with Gasteiger partial charge in [0.25, 0.3) is 0 Å². The minimum Gasteiger partial charge on any atom is -0.495 e. The number of carbonyl (C=O) groups excluding carboxylic acids is 2.